The molecule has 0 bridgehead atoms. The summed E-state index contributed by atoms with van der Waals surface area (Å²) in [6.07, 6.45) is 5.17. The van der Waals surface area contributed by atoms with Crippen LogP contribution in [0.5, 0.6) is 5.75 Å². The van der Waals surface area contributed by atoms with Gasteiger partial charge in [0.1, 0.15) is 18.2 Å². The average Bonchev–Trinajstić information content (AvgIpc) is 2.39. The molecule has 1 aromatic rings. The van der Waals surface area contributed by atoms with Crippen LogP contribution in [0.4, 0.5) is 4.39 Å². The Morgan fingerprint density at radius 2 is 2.26 bits per heavy atom. The summed E-state index contributed by atoms with van der Waals surface area (Å²) in [7, 11) is 0. The molecule has 0 heterocycles. The molecule has 0 amide bonds. The highest BCUT2D eigenvalue weighted by Gasteiger charge is 2.17. The Labute approximate surface area is 119 Å². The van der Waals surface area contributed by atoms with Gasteiger partial charge in [-0.25, -0.2) is 4.39 Å². The minimum Gasteiger partial charge on any atom is -0.492 e. The Hall–Kier alpha value is -0.800. The highest BCUT2D eigenvalue weighted by Crippen LogP contribution is 2.23. The summed E-state index contributed by atoms with van der Waals surface area (Å²) in [6.45, 7) is 3.70. The molecule has 1 saturated carbocycles. The second-order valence-electron chi connectivity index (χ2n) is 5.35. The predicted octanol–water partition coefficient (Wildman–Crippen LogP) is 4.03. The van der Waals surface area contributed by atoms with Crippen molar-refractivity contribution in [2.24, 2.45) is 5.92 Å². The van der Waals surface area contributed by atoms with Gasteiger partial charge < -0.3 is 10.1 Å². The number of ether oxygens (including phenoxy) is 1. The van der Waals surface area contributed by atoms with Crippen molar-refractivity contribution in [3.8, 4) is 5.75 Å². The SMILES string of the molecule is CC1CCCC(NCCOc2ccc(F)c(Cl)c2)C1. The zero-order valence-electron chi connectivity index (χ0n) is 11.3. The molecule has 1 aliphatic rings. The molecule has 19 heavy (non-hydrogen) atoms. The normalized spacial score (nSPS) is 23.3. The van der Waals surface area contributed by atoms with E-state index < -0.39 is 5.82 Å². The fourth-order valence-corrected chi connectivity index (χ4v) is 2.79. The number of rotatable bonds is 5. The van der Waals surface area contributed by atoms with Crippen LogP contribution in [-0.4, -0.2) is 19.2 Å². The van der Waals surface area contributed by atoms with Gasteiger partial charge in [0, 0.05) is 18.7 Å². The Morgan fingerprint density at radius 1 is 1.42 bits per heavy atom. The molecule has 106 valence electrons. The van der Waals surface area contributed by atoms with Crippen LogP contribution in [0, 0.1) is 11.7 Å². The van der Waals surface area contributed by atoms with E-state index in [4.69, 9.17) is 16.3 Å². The molecule has 0 saturated heterocycles. The van der Waals surface area contributed by atoms with Gasteiger partial charge in [0.25, 0.3) is 0 Å². The summed E-state index contributed by atoms with van der Waals surface area (Å²) < 4.78 is 18.5. The molecule has 0 spiro atoms. The zero-order valence-corrected chi connectivity index (χ0v) is 12.0. The van der Waals surface area contributed by atoms with Crippen LogP contribution in [-0.2, 0) is 0 Å². The van der Waals surface area contributed by atoms with Crippen molar-refractivity contribution in [2.45, 2.75) is 38.6 Å². The van der Waals surface area contributed by atoms with Crippen molar-refractivity contribution >= 4 is 11.6 Å². The molecule has 0 aromatic heterocycles. The lowest BCUT2D eigenvalue weighted by Crippen LogP contribution is -2.36. The van der Waals surface area contributed by atoms with Crippen LogP contribution < -0.4 is 10.1 Å². The van der Waals surface area contributed by atoms with Crippen LogP contribution in [0.1, 0.15) is 32.6 Å². The Balaban J connectivity index is 1.67. The van der Waals surface area contributed by atoms with Crippen molar-refractivity contribution in [3.63, 3.8) is 0 Å². The van der Waals surface area contributed by atoms with Gasteiger partial charge in [0.15, 0.2) is 0 Å². The van der Waals surface area contributed by atoms with E-state index in [1.54, 1.807) is 6.07 Å². The van der Waals surface area contributed by atoms with Gasteiger partial charge >= 0.3 is 0 Å². The first kappa shape index (κ1) is 14.6. The van der Waals surface area contributed by atoms with Gasteiger partial charge in [-0.3, -0.25) is 0 Å². The molecule has 0 radical (unpaired) electrons. The van der Waals surface area contributed by atoms with Crippen LogP contribution in [0.15, 0.2) is 18.2 Å². The van der Waals surface area contributed by atoms with Crippen molar-refractivity contribution < 1.29 is 9.13 Å². The average molecular weight is 286 g/mol. The highest BCUT2D eigenvalue weighted by molar-refractivity contribution is 6.30. The molecule has 0 aliphatic heterocycles. The molecular formula is C15H21ClFNO. The van der Waals surface area contributed by atoms with Crippen molar-refractivity contribution in [2.75, 3.05) is 13.2 Å². The first-order valence-corrected chi connectivity index (χ1v) is 7.34. The molecule has 4 heteroatoms. The monoisotopic (exact) mass is 285 g/mol. The van der Waals surface area contributed by atoms with Crippen molar-refractivity contribution in [1.29, 1.82) is 0 Å². The fraction of sp³-hybridized carbons (Fsp3) is 0.600. The summed E-state index contributed by atoms with van der Waals surface area (Å²) in [5.74, 6) is 1.02. The maximum Gasteiger partial charge on any atom is 0.142 e. The summed E-state index contributed by atoms with van der Waals surface area (Å²) in [4.78, 5) is 0. The predicted molar refractivity (Wildman–Crippen MR) is 76.3 cm³/mol. The smallest absolute Gasteiger partial charge is 0.142 e. The lowest BCUT2D eigenvalue weighted by molar-refractivity contribution is 0.266. The first-order chi connectivity index (χ1) is 9.15. The molecule has 2 rings (SSSR count). The van der Waals surface area contributed by atoms with Crippen molar-refractivity contribution in [3.05, 3.63) is 29.0 Å². The molecule has 1 aromatic carbocycles. The lowest BCUT2D eigenvalue weighted by atomic mass is 9.87. The van der Waals surface area contributed by atoms with Gasteiger partial charge in [-0.05, 0) is 30.9 Å². The number of hydrogen-bond donors (Lipinski definition) is 1. The third kappa shape index (κ3) is 4.66. The van der Waals surface area contributed by atoms with Crippen molar-refractivity contribution in [1.82, 2.24) is 5.32 Å². The maximum atomic E-state index is 13.0. The second kappa shape index (κ2) is 7.11. The van der Waals surface area contributed by atoms with E-state index >= 15 is 0 Å². The van der Waals surface area contributed by atoms with E-state index in [0.717, 1.165) is 12.5 Å². The second-order valence-corrected chi connectivity index (χ2v) is 5.75. The topological polar surface area (TPSA) is 21.3 Å². The summed E-state index contributed by atoms with van der Waals surface area (Å²) in [6, 6.07) is 5.06. The molecule has 1 N–H and O–H groups in total. The minimum absolute atomic E-state index is 0.103. The fourth-order valence-electron chi connectivity index (χ4n) is 2.62. The Bertz CT molecular complexity index is 413. The Kier molecular flexibility index (Phi) is 5.46. The summed E-state index contributed by atoms with van der Waals surface area (Å²) in [5, 5.41) is 3.62. The first-order valence-electron chi connectivity index (χ1n) is 6.96. The van der Waals surface area contributed by atoms with Crippen LogP contribution >= 0.6 is 11.6 Å². The quantitative estimate of drug-likeness (QED) is 0.825. The van der Waals surface area contributed by atoms with Gasteiger partial charge in [-0.2, -0.15) is 0 Å². The third-order valence-electron chi connectivity index (χ3n) is 3.63. The number of hydrogen-bond acceptors (Lipinski definition) is 2. The molecule has 1 fully saturated rings. The van der Waals surface area contributed by atoms with Crippen LogP contribution in [0.3, 0.4) is 0 Å². The lowest BCUT2D eigenvalue weighted by Gasteiger charge is -2.27. The van der Waals surface area contributed by atoms with E-state index in [0.29, 0.717) is 18.4 Å². The van der Waals surface area contributed by atoms with Gasteiger partial charge in [0.05, 0.1) is 5.02 Å². The molecule has 2 atom stereocenters. The summed E-state index contributed by atoms with van der Waals surface area (Å²) in [5.41, 5.74) is 0. The third-order valence-corrected chi connectivity index (χ3v) is 3.92. The molecule has 2 nitrogen and oxygen atoms in total. The molecular weight excluding hydrogens is 265 g/mol. The van der Waals surface area contributed by atoms with E-state index in [9.17, 15) is 4.39 Å². The van der Waals surface area contributed by atoms with E-state index in [1.807, 2.05) is 0 Å². The van der Waals surface area contributed by atoms with Gasteiger partial charge in [-0.15, -0.1) is 0 Å². The number of halogens is 2. The summed E-state index contributed by atoms with van der Waals surface area (Å²) >= 11 is 5.69. The molecule has 2 unspecified atom stereocenters. The zero-order chi connectivity index (χ0) is 13.7. The van der Waals surface area contributed by atoms with Gasteiger partial charge in [-0.1, -0.05) is 31.4 Å². The highest BCUT2D eigenvalue weighted by atomic mass is 35.5. The minimum atomic E-state index is -0.414. The van der Waals surface area contributed by atoms with E-state index in [-0.39, 0.29) is 5.02 Å². The van der Waals surface area contributed by atoms with E-state index in [2.05, 4.69) is 12.2 Å². The molecule has 1 aliphatic carbocycles. The van der Waals surface area contributed by atoms with E-state index in [1.165, 1.54) is 37.8 Å². The standard InChI is InChI=1S/C15H21ClFNO/c1-11-3-2-4-12(9-11)18-7-8-19-13-5-6-15(17)14(16)10-13/h5-6,10-12,18H,2-4,7-9H2,1H3. The number of nitrogens with one attached hydrogen (secondary N) is 1. The van der Waals surface area contributed by atoms with Crippen LogP contribution in [0.25, 0.3) is 0 Å². The van der Waals surface area contributed by atoms with Crippen LogP contribution in [0.2, 0.25) is 5.02 Å². The Morgan fingerprint density at radius 3 is 3.00 bits per heavy atom. The largest absolute Gasteiger partial charge is 0.492 e. The number of benzene rings is 1. The maximum absolute atomic E-state index is 13.0. The van der Waals surface area contributed by atoms with Gasteiger partial charge in [0.2, 0.25) is 0 Å².